The number of ketones is 1. The Hall–Kier alpha value is -4.43. The fraction of sp³-hybridized carbons (Fsp3) is 0.115. The van der Waals surface area contributed by atoms with Crippen molar-refractivity contribution in [2.45, 2.75) is 20.0 Å². The molecule has 0 spiro atoms. The number of pyridine rings is 2. The molecule has 4 aromatic rings. The lowest BCUT2D eigenvalue weighted by Crippen LogP contribution is -2.20. The van der Waals surface area contributed by atoms with Crippen LogP contribution in [0.1, 0.15) is 35.9 Å². The van der Waals surface area contributed by atoms with Crippen molar-refractivity contribution >= 4 is 17.2 Å². The Labute approximate surface area is 196 Å². The number of anilines is 2. The third kappa shape index (κ3) is 5.48. The largest absolute Gasteiger partial charge is 0.394 e. The molecule has 1 unspecified atom stereocenters. The maximum Gasteiger partial charge on any atom is 0.278 e. The van der Waals surface area contributed by atoms with Crippen LogP contribution in [0.25, 0.3) is 11.4 Å². The Morgan fingerprint density at radius 2 is 1.18 bits per heavy atom. The maximum absolute atomic E-state index is 11.8. The predicted octanol–water partition coefficient (Wildman–Crippen LogP) is 3.10. The molecule has 0 aliphatic rings. The highest BCUT2D eigenvalue weighted by Gasteiger charge is 2.05. The molecule has 34 heavy (non-hydrogen) atoms. The molecule has 8 nitrogen and oxygen atoms in total. The van der Waals surface area contributed by atoms with E-state index < -0.39 is 6.10 Å². The first kappa shape index (κ1) is 24.2. The summed E-state index contributed by atoms with van der Waals surface area (Å²) in [5.74, 6) is -0.00327. The molecule has 174 valence electrons. The zero-order valence-corrected chi connectivity index (χ0v) is 18.9. The van der Waals surface area contributed by atoms with Gasteiger partial charge in [0.2, 0.25) is 0 Å². The molecule has 0 saturated heterocycles. The minimum atomic E-state index is -0.512. The van der Waals surface area contributed by atoms with Crippen LogP contribution in [0, 0.1) is 0 Å². The highest BCUT2D eigenvalue weighted by molar-refractivity contribution is 5.94. The van der Waals surface area contributed by atoms with Crippen molar-refractivity contribution in [3.63, 3.8) is 0 Å². The number of carbonyl (C=O) groups is 1. The standard InChI is InChI=1S/C13H14N2O2.C13H12N2O2/c2*1-9(16)10-4-6-11(7-5-10)15-8-2-3-12(14)13(15)17/h2-9,16H,14H2,1H3;2-8H,14H2,1H3. The van der Waals surface area contributed by atoms with E-state index in [9.17, 15) is 19.5 Å². The quantitative estimate of drug-likeness (QED) is 0.403. The van der Waals surface area contributed by atoms with Crippen molar-refractivity contribution in [2.75, 3.05) is 11.5 Å². The van der Waals surface area contributed by atoms with E-state index in [0.717, 1.165) is 11.3 Å². The third-order valence-electron chi connectivity index (χ3n) is 5.16. The van der Waals surface area contributed by atoms with Crippen molar-refractivity contribution in [1.29, 1.82) is 0 Å². The van der Waals surface area contributed by atoms with Crippen LogP contribution in [0.3, 0.4) is 0 Å². The van der Waals surface area contributed by atoms with Crippen molar-refractivity contribution in [2.24, 2.45) is 0 Å². The van der Waals surface area contributed by atoms with Gasteiger partial charge in [-0.2, -0.15) is 0 Å². The van der Waals surface area contributed by atoms with Gasteiger partial charge >= 0.3 is 0 Å². The van der Waals surface area contributed by atoms with Gasteiger partial charge in [0.25, 0.3) is 11.1 Å². The topological polar surface area (TPSA) is 133 Å². The lowest BCUT2D eigenvalue weighted by atomic mass is 10.1. The summed E-state index contributed by atoms with van der Waals surface area (Å²) in [4.78, 5) is 34.7. The van der Waals surface area contributed by atoms with Crippen LogP contribution in [0.5, 0.6) is 0 Å². The first-order valence-electron chi connectivity index (χ1n) is 10.5. The molecule has 2 aromatic carbocycles. The highest BCUT2D eigenvalue weighted by Crippen LogP contribution is 2.14. The second kappa shape index (κ2) is 10.5. The molecule has 2 heterocycles. The molecule has 5 N–H and O–H groups in total. The van der Waals surface area contributed by atoms with Gasteiger partial charge in [0, 0.05) is 29.3 Å². The number of benzene rings is 2. The third-order valence-corrected chi connectivity index (χ3v) is 5.16. The first-order valence-corrected chi connectivity index (χ1v) is 10.5. The van der Waals surface area contributed by atoms with E-state index >= 15 is 0 Å². The van der Waals surface area contributed by atoms with Crippen molar-refractivity contribution in [3.8, 4) is 11.4 Å². The average molecular weight is 459 g/mol. The van der Waals surface area contributed by atoms with Crippen LogP contribution in [0.2, 0.25) is 0 Å². The van der Waals surface area contributed by atoms with Gasteiger partial charge in [-0.1, -0.05) is 12.1 Å². The maximum atomic E-state index is 11.8. The smallest absolute Gasteiger partial charge is 0.278 e. The summed E-state index contributed by atoms with van der Waals surface area (Å²) >= 11 is 0. The lowest BCUT2D eigenvalue weighted by Gasteiger charge is -2.08. The number of nitrogens with two attached hydrogens (primary N) is 2. The molecule has 2 aromatic heterocycles. The molecule has 0 bridgehead atoms. The van der Waals surface area contributed by atoms with Crippen LogP contribution < -0.4 is 22.6 Å². The minimum absolute atomic E-state index is 0.00327. The lowest BCUT2D eigenvalue weighted by molar-refractivity contribution is 0.101. The fourth-order valence-corrected chi connectivity index (χ4v) is 3.20. The number of hydrogen-bond acceptors (Lipinski definition) is 6. The SMILES string of the molecule is CC(=O)c1ccc(-n2cccc(N)c2=O)cc1.CC(O)c1ccc(-n2cccc(N)c2=O)cc1. The number of Topliss-reactive ketones (excluding diaryl/α,β-unsaturated/α-hetero) is 1. The molecule has 0 aliphatic carbocycles. The van der Waals surface area contributed by atoms with E-state index in [1.54, 1.807) is 92.1 Å². The van der Waals surface area contributed by atoms with E-state index in [-0.39, 0.29) is 28.3 Å². The second-order valence-electron chi connectivity index (χ2n) is 7.65. The number of nitrogens with zero attached hydrogens (tertiary/aromatic N) is 2. The van der Waals surface area contributed by atoms with E-state index in [2.05, 4.69) is 0 Å². The molecule has 0 fully saturated rings. The molecular weight excluding hydrogens is 432 g/mol. The van der Waals surface area contributed by atoms with E-state index in [1.165, 1.54) is 16.1 Å². The van der Waals surface area contributed by atoms with Crippen LogP contribution in [0.15, 0.2) is 94.8 Å². The number of aromatic nitrogens is 2. The van der Waals surface area contributed by atoms with Crippen LogP contribution in [-0.4, -0.2) is 20.0 Å². The number of aliphatic hydroxyl groups is 1. The fourth-order valence-electron chi connectivity index (χ4n) is 3.20. The van der Waals surface area contributed by atoms with Gasteiger partial charge in [-0.05, 0) is 80.1 Å². The number of carbonyl (C=O) groups excluding carboxylic acids is 1. The van der Waals surface area contributed by atoms with Gasteiger partial charge in [0.05, 0.1) is 17.5 Å². The monoisotopic (exact) mass is 458 g/mol. The zero-order chi connectivity index (χ0) is 24.8. The molecule has 0 aliphatic heterocycles. The summed E-state index contributed by atoms with van der Waals surface area (Å²) in [6, 6.07) is 20.5. The normalized spacial score (nSPS) is 11.3. The Balaban J connectivity index is 0.000000191. The molecule has 0 radical (unpaired) electrons. The summed E-state index contributed by atoms with van der Waals surface area (Å²) in [7, 11) is 0. The Morgan fingerprint density at radius 3 is 1.56 bits per heavy atom. The second-order valence-corrected chi connectivity index (χ2v) is 7.65. The summed E-state index contributed by atoms with van der Waals surface area (Å²) < 4.78 is 2.92. The summed E-state index contributed by atoms with van der Waals surface area (Å²) in [5.41, 5.74) is 13.9. The highest BCUT2D eigenvalue weighted by atomic mass is 16.3. The van der Waals surface area contributed by atoms with E-state index in [4.69, 9.17) is 11.5 Å². The predicted molar refractivity (Wildman–Crippen MR) is 134 cm³/mol. The molecule has 0 amide bonds. The van der Waals surface area contributed by atoms with Crippen LogP contribution in [-0.2, 0) is 0 Å². The number of aliphatic hydroxyl groups excluding tert-OH is 1. The first-order chi connectivity index (χ1) is 16.2. The van der Waals surface area contributed by atoms with Gasteiger partial charge in [-0.15, -0.1) is 0 Å². The van der Waals surface area contributed by atoms with Crippen LogP contribution in [0.4, 0.5) is 11.4 Å². The van der Waals surface area contributed by atoms with E-state index in [1.807, 2.05) is 0 Å². The Bertz CT molecular complexity index is 1400. The summed E-state index contributed by atoms with van der Waals surface area (Å²) in [6.07, 6.45) is 2.79. The molecule has 4 rings (SSSR count). The van der Waals surface area contributed by atoms with Crippen molar-refractivity contribution < 1.29 is 9.90 Å². The van der Waals surface area contributed by atoms with Gasteiger partial charge in [-0.25, -0.2) is 0 Å². The average Bonchev–Trinajstić information content (AvgIpc) is 2.83. The van der Waals surface area contributed by atoms with E-state index in [0.29, 0.717) is 11.3 Å². The molecular formula is C26H26N4O4. The Kier molecular flexibility index (Phi) is 7.45. The number of hydrogen-bond donors (Lipinski definition) is 3. The van der Waals surface area contributed by atoms with Gasteiger partial charge in [0.1, 0.15) is 0 Å². The molecule has 1 atom stereocenters. The summed E-state index contributed by atoms with van der Waals surface area (Å²) in [6.45, 7) is 3.20. The minimum Gasteiger partial charge on any atom is -0.394 e. The van der Waals surface area contributed by atoms with Crippen LogP contribution >= 0.6 is 0 Å². The van der Waals surface area contributed by atoms with Crippen molar-refractivity contribution in [1.82, 2.24) is 9.13 Å². The molecule has 0 saturated carbocycles. The van der Waals surface area contributed by atoms with Crippen molar-refractivity contribution in [3.05, 3.63) is 117 Å². The Morgan fingerprint density at radius 1 is 0.765 bits per heavy atom. The van der Waals surface area contributed by atoms with Gasteiger partial charge < -0.3 is 16.6 Å². The summed E-state index contributed by atoms with van der Waals surface area (Å²) in [5, 5.41) is 9.40. The zero-order valence-electron chi connectivity index (χ0n) is 18.9. The van der Waals surface area contributed by atoms with Gasteiger partial charge in [0.15, 0.2) is 5.78 Å². The van der Waals surface area contributed by atoms with Gasteiger partial charge in [-0.3, -0.25) is 23.5 Å². The number of nitrogen functional groups attached to an aromatic ring is 2. The number of rotatable bonds is 4. The molecule has 8 heteroatoms.